The molecule has 0 radical (unpaired) electrons. The van der Waals surface area contributed by atoms with Crippen LogP contribution < -0.4 is 5.09 Å². The van der Waals surface area contributed by atoms with Gasteiger partial charge < -0.3 is 5.11 Å². The quantitative estimate of drug-likeness (QED) is 0.424. The third kappa shape index (κ3) is 4.87. The van der Waals surface area contributed by atoms with Gasteiger partial charge in [-0.1, -0.05) is 14.7 Å². The predicted molar refractivity (Wildman–Crippen MR) is 42.2 cm³/mol. The molecule has 1 unspecified atom stereocenters. The lowest BCUT2D eigenvalue weighted by molar-refractivity contribution is -0.137. The average Bonchev–Trinajstić information content (AvgIpc) is 1.82. The van der Waals surface area contributed by atoms with E-state index in [-0.39, 0.29) is 12.5 Å². The van der Waals surface area contributed by atoms with Gasteiger partial charge in [0.1, 0.15) is 0 Å². The Morgan fingerprint density at radius 3 is 2.56 bits per heavy atom. The van der Waals surface area contributed by atoms with Crippen LogP contribution in [0, 0.1) is 0 Å². The van der Waals surface area contributed by atoms with E-state index in [1.54, 1.807) is 0 Å². The van der Waals surface area contributed by atoms with Crippen molar-refractivity contribution in [1.82, 2.24) is 5.09 Å². The van der Waals surface area contributed by atoms with Crippen LogP contribution >= 0.6 is 9.39 Å². The smallest absolute Gasteiger partial charge is 0.304 e. The first-order valence-electron chi connectivity index (χ1n) is 2.88. The van der Waals surface area contributed by atoms with Crippen molar-refractivity contribution >= 4 is 31.7 Å². The lowest BCUT2D eigenvalue weighted by atomic mass is 10.2. The van der Waals surface area contributed by atoms with Gasteiger partial charge in [-0.25, -0.2) is 0 Å². The van der Waals surface area contributed by atoms with Crippen LogP contribution in [-0.4, -0.2) is 33.4 Å². The van der Waals surface area contributed by atoms with E-state index in [9.17, 15) is 4.79 Å². The molecule has 0 heterocycles. The van der Waals surface area contributed by atoms with Crippen LogP contribution in [0.15, 0.2) is 0 Å². The van der Waals surface area contributed by atoms with Crippen LogP contribution in [0.2, 0.25) is 5.28 Å². The molecule has 0 aliphatic rings. The van der Waals surface area contributed by atoms with Gasteiger partial charge in [0.2, 0.25) is 16.3 Å². The molecule has 0 amide bonds. The lowest BCUT2D eigenvalue weighted by Gasteiger charge is -2.08. The van der Waals surface area contributed by atoms with Crippen molar-refractivity contribution in [3.63, 3.8) is 0 Å². The van der Waals surface area contributed by atoms with Crippen LogP contribution in [0.3, 0.4) is 0 Å². The number of carboxylic acids is 1. The topological polar surface area (TPSA) is 49.3 Å². The molecule has 0 aromatic carbocycles. The number of rotatable bonds is 4. The van der Waals surface area contributed by atoms with Crippen molar-refractivity contribution in [1.29, 1.82) is 0 Å². The Bertz CT molecular complexity index is 96.6. The summed E-state index contributed by atoms with van der Waals surface area (Å²) in [5.41, 5.74) is 0. The van der Waals surface area contributed by atoms with E-state index in [4.69, 9.17) is 5.11 Å². The Kier molecular flexibility index (Phi) is 5.43. The highest BCUT2D eigenvalue weighted by atomic mass is 31.0. The fraction of sp³-hybridized carbons (Fsp3) is 0.750. The van der Waals surface area contributed by atoms with Crippen LogP contribution in [0.5, 0.6) is 0 Å². The number of carbonyl (C=O) groups is 1. The normalized spacial score (nSPS) is 13.0. The third-order valence-corrected chi connectivity index (χ3v) is 2.61. The van der Waals surface area contributed by atoms with Gasteiger partial charge in [-0.2, -0.15) is 0 Å². The first kappa shape index (κ1) is 9.39. The highest BCUT2D eigenvalue weighted by Gasteiger charge is 2.06. The third-order valence-electron chi connectivity index (χ3n) is 1.15. The molecule has 0 aliphatic heterocycles. The SMILES string of the molecule is O=C(O)C[C@@H]([CH2][AlH2])NP. The molecule has 0 spiro atoms. The molecule has 2 atom stereocenters. The van der Waals surface area contributed by atoms with Gasteiger partial charge in [-0.15, -0.1) is 0 Å². The summed E-state index contributed by atoms with van der Waals surface area (Å²) in [5, 5.41) is 12.1. The van der Waals surface area contributed by atoms with Gasteiger partial charge in [0.05, 0.1) is 6.42 Å². The maximum absolute atomic E-state index is 10.1. The number of carboxylic acid groups (broad SMARTS) is 1. The molecule has 0 saturated heterocycles. The zero-order valence-corrected chi connectivity index (χ0v) is 8.58. The fourth-order valence-electron chi connectivity index (χ4n) is 0.532. The minimum atomic E-state index is -0.731. The monoisotopic (exact) mass is 163 g/mol. The van der Waals surface area contributed by atoms with E-state index in [1.165, 1.54) is 0 Å². The van der Waals surface area contributed by atoms with Crippen LogP contribution in [-0.2, 0) is 4.79 Å². The second-order valence-electron chi connectivity index (χ2n) is 1.87. The molecule has 0 aliphatic carbocycles. The standard InChI is InChI=1S/C4H9NO2P.Al.2H/c1-3(5-8)2-4(6)7;;;/h3,5H,1-2,8H2,(H,6,7);;;/t3-;;;/m1.../s1. The molecule has 0 aromatic rings. The molecule has 52 valence electrons. The van der Waals surface area contributed by atoms with E-state index < -0.39 is 5.97 Å². The zero-order chi connectivity index (χ0) is 7.28. The van der Waals surface area contributed by atoms with Gasteiger partial charge >= 0.3 is 5.97 Å². The molecular formula is C4H11AlNO2P. The second-order valence-corrected chi connectivity index (χ2v) is 3.02. The molecule has 0 aromatic heterocycles. The van der Waals surface area contributed by atoms with Crippen molar-refractivity contribution in [2.24, 2.45) is 0 Å². The van der Waals surface area contributed by atoms with Gasteiger partial charge in [-0.05, 0) is 0 Å². The largest absolute Gasteiger partial charge is 0.481 e. The molecule has 3 nitrogen and oxygen atoms in total. The minimum Gasteiger partial charge on any atom is -0.481 e. The Hall–Kier alpha value is 0.392. The van der Waals surface area contributed by atoms with Gasteiger partial charge in [-0.3, -0.25) is 9.88 Å². The summed E-state index contributed by atoms with van der Waals surface area (Å²) in [6.07, 6.45) is 0.229. The highest BCUT2D eigenvalue weighted by molar-refractivity contribution is 7.13. The zero-order valence-electron chi connectivity index (χ0n) is 5.42. The molecular weight excluding hydrogens is 152 g/mol. The van der Waals surface area contributed by atoms with Gasteiger partial charge in [0, 0.05) is 6.04 Å². The van der Waals surface area contributed by atoms with Crippen LogP contribution in [0.25, 0.3) is 0 Å². The van der Waals surface area contributed by atoms with E-state index in [0.29, 0.717) is 0 Å². The Morgan fingerprint density at radius 2 is 2.44 bits per heavy atom. The molecule has 0 saturated carbocycles. The second kappa shape index (κ2) is 5.20. The van der Waals surface area contributed by atoms with Crippen molar-refractivity contribution in [3.05, 3.63) is 0 Å². The first-order chi connectivity index (χ1) is 4.20. The van der Waals surface area contributed by atoms with Gasteiger partial charge in [0.15, 0.2) is 0 Å². The molecule has 0 bridgehead atoms. The van der Waals surface area contributed by atoms with E-state index in [2.05, 4.69) is 14.5 Å². The first-order valence-corrected chi connectivity index (χ1v) is 4.87. The summed E-state index contributed by atoms with van der Waals surface area (Å²) in [5.74, 6) is -0.731. The van der Waals surface area contributed by atoms with Crippen molar-refractivity contribution in [2.75, 3.05) is 0 Å². The Balaban J connectivity index is 3.43. The van der Waals surface area contributed by atoms with Crippen LogP contribution in [0.4, 0.5) is 0 Å². The summed E-state index contributed by atoms with van der Waals surface area (Å²) in [6.45, 7) is 0. The summed E-state index contributed by atoms with van der Waals surface area (Å²) in [6, 6.07) is 0.152. The lowest BCUT2D eigenvalue weighted by Crippen LogP contribution is -2.22. The van der Waals surface area contributed by atoms with E-state index >= 15 is 0 Å². The highest BCUT2D eigenvalue weighted by Crippen LogP contribution is 1.97. The molecule has 0 rings (SSSR count). The van der Waals surface area contributed by atoms with Crippen molar-refractivity contribution < 1.29 is 9.90 Å². The number of nitrogens with one attached hydrogen (secondary N) is 1. The fourth-order valence-corrected chi connectivity index (χ4v) is 1.88. The molecule has 0 fully saturated rings. The summed E-state index contributed by atoms with van der Waals surface area (Å²) >= 11 is 1.05. The Morgan fingerprint density at radius 1 is 1.89 bits per heavy atom. The van der Waals surface area contributed by atoms with E-state index in [0.717, 1.165) is 21.6 Å². The molecule has 5 heteroatoms. The van der Waals surface area contributed by atoms with E-state index in [1.807, 2.05) is 0 Å². The average molecular weight is 163 g/mol. The summed E-state index contributed by atoms with van der Waals surface area (Å²) in [4.78, 5) is 10.1. The number of hydrogen-bond donors (Lipinski definition) is 2. The molecule has 9 heavy (non-hydrogen) atoms. The predicted octanol–water partition coefficient (Wildman–Crippen LogP) is -0.739. The number of hydrogen-bond acceptors (Lipinski definition) is 2. The maximum Gasteiger partial charge on any atom is 0.304 e. The summed E-state index contributed by atoms with van der Waals surface area (Å²) in [7, 11) is 2.34. The van der Waals surface area contributed by atoms with Crippen molar-refractivity contribution in [2.45, 2.75) is 17.7 Å². The Labute approximate surface area is 64.9 Å². The van der Waals surface area contributed by atoms with Crippen molar-refractivity contribution in [3.8, 4) is 0 Å². The maximum atomic E-state index is 10.1. The minimum absolute atomic E-state index is 0.152. The van der Waals surface area contributed by atoms with Crippen LogP contribution in [0.1, 0.15) is 6.42 Å². The summed E-state index contributed by atoms with van der Waals surface area (Å²) < 4.78 is 0. The number of aliphatic carboxylic acids is 1. The molecule has 2 N–H and O–H groups in total. The van der Waals surface area contributed by atoms with Gasteiger partial charge in [0.25, 0.3) is 0 Å².